The molecule has 142 valence electrons. The van der Waals surface area contributed by atoms with E-state index in [9.17, 15) is 0 Å². The van der Waals surface area contributed by atoms with Crippen LogP contribution in [0.1, 0.15) is 24.5 Å². The highest BCUT2D eigenvalue weighted by atomic mass is 16.5. The van der Waals surface area contributed by atoms with Crippen molar-refractivity contribution < 1.29 is 14.2 Å². The molecule has 0 spiro atoms. The van der Waals surface area contributed by atoms with Crippen molar-refractivity contribution in [1.29, 1.82) is 0 Å². The van der Waals surface area contributed by atoms with E-state index in [1.807, 2.05) is 32.1 Å². The van der Waals surface area contributed by atoms with Gasteiger partial charge in [-0.15, -0.1) is 13.2 Å². The van der Waals surface area contributed by atoms with Gasteiger partial charge in [-0.05, 0) is 42.7 Å². The van der Waals surface area contributed by atoms with Gasteiger partial charge in [0, 0.05) is 26.4 Å². The van der Waals surface area contributed by atoms with Crippen molar-refractivity contribution in [3.63, 3.8) is 0 Å². The second-order valence-corrected chi connectivity index (χ2v) is 5.21. The molecule has 0 unspecified atom stereocenters. The third-order valence-electron chi connectivity index (χ3n) is 3.53. The van der Waals surface area contributed by atoms with Gasteiger partial charge in [-0.1, -0.05) is 25.3 Å². The maximum atomic E-state index is 5.81. The van der Waals surface area contributed by atoms with Gasteiger partial charge in [-0.2, -0.15) is 0 Å². The summed E-state index contributed by atoms with van der Waals surface area (Å²) in [6.07, 6.45) is 6.27. The van der Waals surface area contributed by atoms with Gasteiger partial charge in [0.05, 0.1) is 19.4 Å². The summed E-state index contributed by atoms with van der Waals surface area (Å²) in [6, 6.07) is 3.88. The van der Waals surface area contributed by atoms with Crippen LogP contribution in [-0.4, -0.2) is 33.6 Å². The molecule has 0 bridgehead atoms. The summed E-state index contributed by atoms with van der Waals surface area (Å²) in [4.78, 5) is 4.43. The summed E-state index contributed by atoms with van der Waals surface area (Å²) in [6.45, 7) is 18.9. The highest BCUT2D eigenvalue weighted by Crippen LogP contribution is 2.30. The van der Waals surface area contributed by atoms with Crippen LogP contribution in [0.4, 0.5) is 0 Å². The number of methoxy groups -OCH3 is 2. The molecule has 0 fully saturated rings. The maximum Gasteiger partial charge on any atom is 0.161 e. The Morgan fingerprint density at radius 3 is 2.38 bits per heavy atom. The van der Waals surface area contributed by atoms with Gasteiger partial charge in [-0.25, -0.2) is 0 Å². The summed E-state index contributed by atoms with van der Waals surface area (Å²) in [5.74, 6) is 1.40. The lowest BCUT2D eigenvalue weighted by atomic mass is 10.1. The van der Waals surface area contributed by atoms with E-state index in [1.54, 1.807) is 26.5 Å². The van der Waals surface area contributed by atoms with Crippen molar-refractivity contribution in [2.24, 2.45) is 4.99 Å². The molecule has 0 radical (unpaired) electrons. The number of rotatable bonds is 10. The number of aliphatic imine (C=N–C) groups is 1. The molecular formula is C22H31NO3. The Balaban J connectivity index is 0.00000301. The Labute approximate surface area is 158 Å². The van der Waals surface area contributed by atoms with E-state index >= 15 is 0 Å². The van der Waals surface area contributed by atoms with Crippen LogP contribution in [0.2, 0.25) is 0 Å². The smallest absolute Gasteiger partial charge is 0.161 e. The number of ether oxygens (including phenoxy) is 3. The average molecular weight is 357 g/mol. The van der Waals surface area contributed by atoms with E-state index in [-0.39, 0.29) is 0 Å². The molecule has 0 N–H and O–H groups in total. The van der Waals surface area contributed by atoms with Crippen LogP contribution in [0.15, 0.2) is 66.9 Å². The van der Waals surface area contributed by atoms with Crippen molar-refractivity contribution in [3.05, 3.63) is 73.0 Å². The second-order valence-electron chi connectivity index (χ2n) is 5.21. The molecule has 0 amide bonds. The quantitative estimate of drug-likeness (QED) is 0.247. The summed E-state index contributed by atoms with van der Waals surface area (Å²) in [5, 5.41) is 0. The second kappa shape index (κ2) is 13.7. The van der Waals surface area contributed by atoms with Gasteiger partial charge in [0.2, 0.25) is 0 Å². The van der Waals surface area contributed by atoms with Crippen LogP contribution in [-0.2, 0) is 4.74 Å². The van der Waals surface area contributed by atoms with Crippen molar-refractivity contribution in [3.8, 4) is 11.5 Å². The molecule has 1 rings (SSSR count). The minimum absolute atomic E-state index is 0.565. The Kier molecular flexibility index (Phi) is 12.3. The minimum atomic E-state index is 0.565. The number of hydrogen-bond acceptors (Lipinski definition) is 4. The molecule has 4 nitrogen and oxygen atoms in total. The molecule has 26 heavy (non-hydrogen) atoms. The Bertz CT molecular complexity index is 645. The third kappa shape index (κ3) is 7.53. The fraction of sp³-hybridized carbons (Fsp3) is 0.318. The third-order valence-corrected chi connectivity index (χ3v) is 3.53. The molecule has 4 heteroatoms. The van der Waals surface area contributed by atoms with Gasteiger partial charge < -0.3 is 14.2 Å². The average Bonchev–Trinajstić information content (AvgIpc) is 2.67. The van der Waals surface area contributed by atoms with Gasteiger partial charge in [0.25, 0.3) is 0 Å². The SMILES string of the molecule is C=C.C=C/C(=C\C)C(=C)N=Cc1cc(OCCCOC)c(OC)cc1C. The van der Waals surface area contributed by atoms with Gasteiger partial charge >= 0.3 is 0 Å². The zero-order valence-electron chi connectivity index (χ0n) is 16.5. The number of allylic oxidation sites excluding steroid dienone is 2. The predicted octanol–water partition coefficient (Wildman–Crippen LogP) is 5.29. The van der Waals surface area contributed by atoms with E-state index in [0.29, 0.717) is 30.4 Å². The minimum Gasteiger partial charge on any atom is -0.493 e. The number of hydrogen-bond donors (Lipinski definition) is 0. The van der Waals surface area contributed by atoms with Gasteiger partial charge in [0.15, 0.2) is 11.5 Å². The van der Waals surface area contributed by atoms with Gasteiger partial charge in [-0.3, -0.25) is 4.99 Å². The first-order chi connectivity index (χ1) is 12.6. The molecule has 0 aromatic heterocycles. The van der Waals surface area contributed by atoms with Crippen molar-refractivity contribution >= 4 is 6.21 Å². The molecule has 0 aliphatic carbocycles. The van der Waals surface area contributed by atoms with E-state index in [1.165, 1.54) is 0 Å². The van der Waals surface area contributed by atoms with Crippen LogP contribution < -0.4 is 9.47 Å². The lowest BCUT2D eigenvalue weighted by Gasteiger charge is -2.13. The summed E-state index contributed by atoms with van der Waals surface area (Å²) in [7, 11) is 3.31. The lowest BCUT2D eigenvalue weighted by molar-refractivity contribution is 0.170. The van der Waals surface area contributed by atoms with Crippen molar-refractivity contribution in [2.75, 3.05) is 27.4 Å². The van der Waals surface area contributed by atoms with E-state index in [4.69, 9.17) is 14.2 Å². The predicted molar refractivity (Wildman–Crippen MR) is 112 cm³/mol. The summed E-state index contributed by atoms with van der Waals surface area (Å²) < 4.78 is 16.2. The van der Waals surface area contributed by atoms with E-state index in [2.05, 4.69) is 31.3 Å². The van der Waals surface area contributed by atoms with E-state index in [0.717, 1.165) is 23.1 Å². The molecule has 0 aliphatic heterocycles. The topological polar surface area (TPSA) is 40.0 Å². The highest BCUT2D eigenvalue weighted by molar-refractivity contribution is 5.84. The molecule has 0 aliphatic rings. The van der Waals surface area contributed by atoms with Crippen molar-refractivity contribution in [1.82, 2.24) is 0 Å². The Morgan fingerprint density at radius 2 is 1.85 bits per heavy atom. The van der Waals surface area contributed by atoms with Crippen molar-refractivity contribution in [2.45, 2.75) is 20.3 Å². The monoisotopic (exact) mass is 357 g/mol. The molecule has 0 saturated heterocycles. The molecule has 0 heterocycles. The van der Waals surface area contributed by atoms with Crippen LogP contribution in [0.25, 0.3) is 0 Å². The first kappa shape index (κ1) is 23.4. The summed E-state index contributed by atoms with van der Waals surface area (Å²) >= 11 is 0. The first-order valence-electron chi connectivity index (χ1n) is 8.39. The summed E-state index contributed by atoms with van der Waals surface area (Å²) in [5.41, 5.74) is 3.59. The largest absolute Gasteiger partial charge is 0.493 e. The fourth-order valence-corrected chi connectivity index (χ4v) is 2.10. The first-order valence-corrected chi connectivity index (χ1v) is 8.39. The molecule has 1 aromatic rings. The molecule has 0 atom stereocenters. The molecule has 0 saturated carbocycles. The zero-order chi connectivity index (χ0) is 19.9. The number of benzene rings is 1. The van der Waals surface area contributed by atoms with Crippen LogP contribution in [0, 0.1) is 6.92 Å². The molecular weight excluding hydrogens is 326 g/mol. The van der Waals surface area contributed by atoms with E-state index < -0.39 is 0 Å². The zero-order valence-corrected chi connectivity index (χ0v) is 16.5. The Hall–Kier alpha value is -2.59. The van der Waals surface area contributed by atoms with Crippen LogP contribution in [0.5, 0.6) is 11.5 Å². The number of aryl methyl sites for hydroxylation is 1. The molecule has 1 aromatic carbocycles. The van der Waals surface area contributed by atoms with Crippen LogP contribution in [0.3, 0.4) is 0 Å². The van der Waals surface area contributed by atoms with Gasteiger partial charge in [0.1, 0.15) is 0 Å². The Morgan fingerprint density at radius 1 is 1.15 bits per heavy atom. The van der Waals surface area contributed by atoms with Crippen LogP contribution >= 0.6 is 0 Å². The normalized spacial score (nSPS) is 10.8. The fourth-order valence-electron chi connectivity index (χ4n) is 2.10. The maximum absolute atomic E-state index is 5.81. The number of nitrogens with zero attached hydrogens (tertiary/aromatic N) is 1. The standard InChI is InChI=1S/C20H27NO3.C2H4/c1-7-17(8-2)16(4)21-14-18-13-20(24-11-9-10-22-5)19(23-6)12-15(18)3;1-2/h7-8,12-14H,1,4,9-11H2,2-3,5-6H3;1-2H2/b17-8+,21-14?;. The lowest BCUT2D eigenvalue weighted by Crippen LogP contribution is -2.03. The highest BCUT2D eigenvalue weighted by Gasteiger charge is 2.08.